The molecule has 112 valence electrons. The Labute approximate surface area is 122 Å². The van der Waals surface area contributed by atoms with Crippen molar-refractivity contribution in [3.8, 4) is 5.75 Å². The van der Waals surface area contributed by atoms with Crippen LogP contribution in [0.5, 0.6) is 5.75 Å². The molecule has 20 heavy (non-hydrogen) atoms. The number of nitrogens with two attached hydrogens (primary N) is 1. The van der Waals surface area contributed by atoms with E-state index in [0.717, 1.165) is 44.9 Å². The molecule has 1 saturated heterocycles. The molecule has 4 heteroatoms. The van der Waals surface area contributed by atoms with Crippen molar-refractivity contribution >= 4 is 5.69 Å². The van der Waals surface area contributed by atoms with Crippen molar-refractivity contribution in [2.45, 2.75) is 13.3 Å². The highest BCUT2D eigenvalue weighted by Crippen LogP contribution is 2.22. The molecule has 1 aliphatic heterocycles. The van der Waals surface area contributed by atoms with E-state index in [4.69, 9.17) is 10.5 Å². The number of benzene rings is 1. The van der Waals surface area contributed by atoms with Crippen LogP contribution in [0, 0.1) is 5.92 Å². The predicted molar refractivity (Wildman–Crippen MR) is 84.5 cm³/mol. The highest BCUT2D eigenvalue weighted by molar-refractivity contribution is 5.51. The number of methoxy groups -OCH3 is 1. The number of hydrogen-bond acceptors (Lipinski definition) is 4. The van der Waals surface area contributed by atoms with E-state index in [2.05, 4.69) is 34.9 Å². The molecule has 0 amide bonds. The fourth-order valence-corrected chi connectivity index (χ4v) is 2.81. The molecule has 1 fully saturated rings. The molecule has 0 aromatic heterocycles. The van der Waals surface area contributed by atoms with E-state index in [9.17, 15) is 0 Å². The molecule has 4 nitrogen and oxygen atoms in total. The molecule has 1 aromatic carbocycles. The van der Waals surface area contributed by atoms with Crippen LogP contribution >= 0.6 is 0 Å². The van der Waals surface area contributed by atoms with Gasteiger partial charge in [0.1, 0.15) is 5.75 Å². The SMILES string of the molecule is COc1cccc(N2CCN(CC(C)CCN)CC2)c1. The first-order valence-electron chi connectivity index (χ1n) is 7.54. The average molecular weight is 277 g/mol. The van der Waals surface area contributed by atoms with Crippen LogP contribution in [0.4, 0.5) is 5.69 Å². The molecule has 0 saturated carbocycles. The lowest BCUT2D eigenvalue weighted by molar-refractivity contribution is 0.221. The van der Waals surface area contributed by atoms with Crippen LogP contribution in [0.15, 0.2) is 24.3 Å². The van der Waals surface area contributed by atoms with Gasteiger partial charge in [-0.25, -0.2) is 0 Å². The molecule has 1 unspecified atom stereocenters. The lowest BCUT2D eigenvalue weighted by Gasteiger charge is -2.37. The van der Waals surface area contributed by atoms with Gasteiger partial charge >= 0.3 is 0 Å². The Balaban J connectivity index is 1.84. The van der Waals surface area contributed by atoms with E-state index in [-0.39, 0.29) is 0 Å². The summed E-state index contributed by atoms with van der Waals surface area (Å²) in [5.74, 6) is 1.63. The highest BCUT2D eigenvalue weighted by Gasteiger charge is 2.18. The first-order chi connectivity index (χ1) is 9.72. The summed E-state index contributed by atoms with van der Waals surface area (Å²) in [6, 6.07) is 8.33. The standard InChI is InChI=1S/C16H27N3O/c1-14(6-7-17)13-18-8-10-19(11-9-18)15-4-3-5-16(12-15)20-2/h3-5,12,14H,6-11,13,17H2,1-2H3. The monoisotopic (exact) mass is 277 g/mol. The summed E-state index contributed by atoms with van der Waals surface area (Å²) in [5, 5.41) is 0. The second-order valence-corrected chi connectivity index (χ2v) is 5.67. The molecule has 1 aromatic rings. The molecular formula is C16H27N3O. The Morgan fingerprint density at radius 3 is 2.65 bits per heavy atom. The number of anilines is 1. The second-order valence-electron chi connectivity index (χ2n) is 5.67. The normalized spacial score (nSPS) is 18.1. The van der Waals surface area contributed by atoms with Gasteiger partial charge in [0.2, 0.25) is 0 Å². The molecule has 1 aliphatic rings. The summed E-state index contributed by atoms with van der Waals surface area (Å²) in [4.78, 5) is 4.99. The van der Waals surface area contributed by atoms with Gasteiger partial charge in [0.25, 0.3) is 0 Å². The quantitative estimate of drug-likeness (QED) is 0.861. The molecule has 0 spiro atoms. The molecule has 2 N–H and O–H groups in total. The zero-order chi connectivity index (χ0) is 14.4. The molecule has 1 heterocycles. The van der Waals surface area contributed by atoms with E-state index in [1.807, 2.05) is 6.07 Å². The van der Waals surface area contributed by atoms with Crippen molar-refractivity contribution in [1.82, 2.24) is 4.90 Å². The molecular weight excluding hydrogens is 250 g/mol. The van der Waals surface area contributed by atoms with Crippen molar-refractivity contribution in [3.05, 3.63) is 24.3 Å². The molecule has 0 aliphatic carbocycles. The van der Waals surface area contributed by atoms with Gasteiger partial charge in [-0.2, -0.15) is 0 Å². The van der Waals surface area contributed by atoms with Gasteiger partial charge in [0, 0.05) is 44.5 Å². The summed E-state index contributed by atoms with van der Waals surface area (Å²) >= 11 is 0. The number of ether oxygens (including phenoxy) is 1. The van der Waals surface area contributed by atoms with Crippen LogP contribution in [0.3, 0.4) is 0 Å². The van der Waals surface area contributed by atoms with E-state index >= 15 is 0 Å². The van der Waals surface area contributed by atoms with Crippen molar-refractivity contribution in [1.29, 1.82) is 0 Å². The van der Waals surface area contributed by atoms with Crippen molar-refractivity contribution in [2.75, 3.05) is 51.3 Å². The minimum atomic E-state index is 0.698. The van der Waals surface area contributed by atoms with Crippen LogP contribution in [-0.4, -0.2) is 51.3 Å². The largest absolute Gasteiger partial charge is 0.497 e. The van der Waals surface area contributed by atoms with E-state index in [0.29, 0.717) is 5.92 Å². The van der Waals surface area contributed by atoms with Crippen molar-refractivity contribution < 1.29 is 4.74 Å². The van der Waals surface area contributed by atoms with Gasteiger partial charge in [-0.15, -0.1) is 0 Å². The number of rotatable bonds is 6. The summed E-state index contributed by atoms with van der Waals surface area (Å²) in [7, 11) is 1.72. The van der Waals surface area contributed by atoms with Crippen molar-refractivity contribution in [2.24, 2.45) is 11.7 Å². The van der Waals surface area contributed by atoms with Crippen LogP contribution in [-0.2, 0) is 0 Å². The predicted octanol–water partition coefficient (Wildman–Crippen LogP) is 1.80. The maximum atomic E-state index is 5.62. The number of hydrogen-bond donors (Lipinski definition) is 1. The van der Waals surface area contributed by atoms with Crippen LogP contribution in [0.2, 0.25) is 0 Å². The minimum absolute atomic E-state index is 0.698. The van der Waals surface area contributed by atoms with Crippen LogP contribution in [0.25, 0.3) is 0 Å². The van der Waals surface area contributed by atoms with Gasteiger partial charge in [-0.3, -0.25) is 4.90 Å². The van der Waals surface area contributed by atoms with Gasteiger partial charge in [0.05, 0.1) is 7.11 Å². The number of piperazine rings is 1. The lowest BCUT2D eigenvalue weighted by atomic mass is 10.1. The van der Waals surface area contributed by atoms with Gasteiger partial charge < -0.3 is 15.4 Å². The Kier molecular flexibility index (Phi) is 5.68. The molecule has 0 radical (unpaired) electrons. The third-order valence-electron chi connectivity index (χ3n) is 4.02. The topological polar surface area (TPSA) is 41.7 Å². The summed E-state index contributed by atoms with van der Waals surface area (Å²) in [5.41, 5.74) is 6.88. The first kappa shape index (κ1) is 15.1. The highest BCUT2D eigenvalue weighted by atomic mass is 16.5. The maximum absolute atomic E-state index is 5.62. The Bertz CT molecular complexity index is 402. The van der Waals surface area contributed by atoms with E-state index in [1.54, 1.807) is 7.11 Å². The molecule has 1 atom stereocenters. The first-order valence-corrected chi connectivity index (χ1v) is 7.54. The molecule has 2 rings (SSSR count). The fourth-order valence-electron chi connectivity index (χ4n) is 2.81. The average Bonchev–Trinajstić information content (AvgIpc) is 2.48. The van der Waals surface area contributed by atoms with Crippen LogP contribution < -0.4 is 15.4 Å². The Hall–Kier alpha value is -1.26. The van der Waals surface area contributed by atoms with Gasteiger partial charge in [-0.1, -0.05) is 13.0 Å². The third-order valence-corrected chi connectivity index (χ3v) is 4.02. The zero-order valence-corrected chi connectivity index (χ0v) is 12.7. The smallest absolute Gasteiger partial charge is 0.120 e. The van der Waals surface area contributed by atoms with Gasteiger partial charge in [-0.05, 0) is 31.0 Å². The lowest BCUT2D eigenvalue weighted by Crippen LogP contribution is -2.47. The Morgan fingerprint density at radius 1 is 1.25 bits per heavy atom. The zero-order valence-electron chi connectivity index (χ0n) is 12.7. The maximum Gasteiger partial charge on any atom is 0.120 e. The number of nitrogens with zero attached hydrogens (tertiary/aromatic N) is 2. The molecule has 0 bridgehead atoms. The Morgan fingerprint density at radius 2 is 2.00 bits per heavy atom. The van der Waals surface area contributed by atoms with E-state index < -0.39 is 0 Å². The van der Waals surface area contributed by atoms with Crippen molar-refractivity contribution in [3.63, 3.8) is 0 Å². The summed E-state index contributed by atoms with van der Waals surface area (Å²) < 4.78 is 5.30. The fraction of sp³-hybridized carbons (Fsp3) is 0.625. The minimum Gasteiger partial charge on any atom is -0.497 e. The van der Waals surface area contributed by atoms with E-state index in [1.165, 1.54) is 12.2 Å². The summed E-state index contributed by atoms with van der Waals surface area (Å²) in [6.45, 7) is 8.69. The third kappa shape index (κ3) is 4.12. The second kappa shape index (κ2) is 7.50. The summed E-state index contributed by atoms with van der Waals surface area (Å²) in [6.07, 6.45) is 1.12. The van der Waals surface area contributed by atoms with Gasteiger partial charge in [0.15, 0.2) is 0 Å². The van der Waals surface area contributed by atoms with Crippen LogP contribution in [0.1, 0.15) is 13.3 Å².